The molecule has 0 bridgehead atoms. The van der Waals surface area contributed by atoms with Crippen LogP contribution in [0.1, 0.15) is 57.2 Å². The molecule has 0 unspecified atom stereocenters. The Hall–Kier alpha value is -1.75. The van der Waals surface area contributed by atoms with Crippen LogP contribution in [0.3, 0.4) is 0 Å². The third kappa shape index (κ3) is 3.76. The lowest BCUT2D eigenvalue weighted by molar-refractivity contribution is 0.414. The molecule has 1 aliphatic heterocycles. The van der Waals surface area contributed by atoms with E-state index in [1.807, 2.05) is 6.07 Å². The molecule has 1 aliphatic carbocycles. The highest BCUT2D eigenvalue weighted by Gasteiger charge is 2.15. The van der Waals surface area contributed by atoms with E-state index in [0.717, 1.165) is 35.2 Å². The average Bonchev–Trinajstić information content (AvgIpc) is 2.88. The molecule has 2 aromatic rings. The summed E-state index contributed by atoms with van der Waals surface area (Å²) in [4.78, 5) is 9.78. The Morgan fingerprint density at radius 3 is 2.76 bits per heavy atom. The van der Waals surface area contributed by atoms with Gasteiger partial charge in [0.2, 0.25) is 0 Å². The van der Waals surface area contributed by atoms with E-state index >= 15 is 0 Å². The van der Waals surface area contributed by atoms with Gasteiger partial charge in [-0.15, -0.1) is 0 Å². The van der Waals surface area contributed by atoms with Crippen LogP contribution < -0.4 is 10.8 Å². The highest BCUT2D eigenvalue weighted by atomic mass is 32.1. The maximum atomic E-state index is 5.61. The van der Waals surface area contributed by atoms with Crippen molar-refractivity contribution in [3.63, 3.8) is 0 Å². The van der Waals surface area contributed by atoms with Crippen molar-refractivity contribution in [2.45, 2.75) is 70.4 Å². The number of benzene rings is 1. The van der Waals surface area contributed by atoms with Gasteiger partial charge in [0.1, 0.15) is 11.3 Å². The Labute approximate surface area is 154 Å². The number of fused-ring (bicyclic) bond motifs is 2. The summed E-state index contributed by atoms with van der Waals surface area (Å²) >= 11 is 5.61. The number of hydrogen-bond donors (Lipinski definition) is 1. The van der Waals surface area contributed by atoms with E-state index in [-0.39, 0.29) is 0 Å². The van der Waals surface area contributed by atoms with Gasteiger partial charge in [0.25, 0.3) is 0 Å². The van der Waals surface area contributed by atoms with Crippen molar-refractivity contribution in [2.75, 3.05) is 0 Å². The summed E-state index contributed by atoms with van der Waals surface area (Å²) in [6, 6.07) is 8.79. The molecule has 0 amide bonds. The minimum Gasteiger partial charge on any atom is -0.358 e. The first kappa shape index (κ1) is 16.7. The van der Waals surface area contributed by atoms with Crippen LogP contribution in [0.25, 0.3) is 10.9 Å². The minimum absolute atomic E-state index is 0.488. The van der Waals surface area contributed by atoms with Gasteiger partial charge in [0, 0.05) is 24.4 Å². The van der Waals surface area contributed by atoms with Gasteiger partial charge >= 0.3 is 0 Å². The van der Waals surface area contributed by atoms with Crippen LogP contribution in [0.2, 0.25) is 0 Å². The van der Waals surface area contributed by atoms with Crippen molar-refractivity contribution in [1.29, 1.82) is 0 Å². The maximum Gasteiger partial charge on any atom is 0.194 e. The van der Waals surface area contributed by atoms with Gasteiger partial charge in [0.05, 0.1) is 5.52 Å². The number of aromatic nitrogens is 2. The Morgan fingerprint density at radius 1 is 1.08 bits per heavy atom. The molecule has 25 heavy (non-hydrogen) atoms. The molecule has 1 fully saturated rings. The fourth-order valence-corrected chi connectivity index (χ4v) is 4.31. The second-order valence-corrected chi connectivity index (χ2v) is 7.61. The molecule has 4 nitrogen and oxygen atoms in total. The van der Waals surface area contributed by atoms with Crippen LogP contribution in [0.5, 0.6) is 0 Å². The monoisotopic (exact) mass is 354 g/mol. The van der Waals surface area contributed by atoms with Crippen LogP contribution in [0, 0.1) is 0 Å². The summed E-state index contributed by atoms with van der Waals surface area (Å²) in [6.07, 6.45) is 11.0. The molecule has 0 spiro atoms. The van der Waals surface area contributed by atoms with E-state index in [1.165, 1.54) is 51.4 Å². The molecular formula is C20H26N4S. The summed E-state index contributed by atoms with van der Waals surface area (Å²) in [6.45, 7) is 0.984. The van der Waals surface area contributed by atoms with Crippen molar-refractivity contribution in [3.05, 3.63) is 35.6 Å². The van der Waals surface area contributed by atoms with E-state index in [0.29, 0.717) is 11.2 Å². The lowest BCUT2D eigenvalue weighted by atomic mass is 9.96. The predicted octanol–water partition coefficient (Wildman–Crippen LogP) is 3.87. The van der Waals surface area contributed by atoms with Gasteiger partial charge in [-0.25, -0.2) is 9.98 Å². The lowest BCUT2D eigenvalue weighted by Crippen LogP contribution is -2.36. The lowest BCUT2D eigenvalue weighted by Gasteiger charge is -2.22. The summed E-state index contributed by atoms with van der Waals surface area (Å²) in [5.41, 5.74) is 2.01. The SMILES string of the molecule is S=C(N=c1c2ccccc2nc2n1CCCCC2)NC1CCCCC1. The van der Waals surface area contributed by atoms with Gasteiger partial charge < -0.3 is 9.88 Å². The Balaban J connectivity index is 1.75. The molecule has 4 rings (SSSR count). The Bertz CT molecular complexity index is 833. The van der Waals surface area contributed by atoms with Crippen molar-refractivity contribution in [3.8, 4) is 0 Å². The highest BCUT2D eigenvalue weighted by molar-refractivity contribution is 7.80. The van der Waals surface area contributed by atoms with Gasteiger partial charge in [-0.2, -0.15) is 0 Å². The summed E-state index contributed by atoms with van der Waals surface area (Å²) in [5, 5.41) is 5.21. The summed E-state index contributed by atoms with van der Waals surface area (Å²) in [7, 11) is 0. The molecule has 5 heteroatoms. The zero-order valence-corrected chi connectivity index (χ0v) is 15.5. The van der Waals surface area contributed by atoms with Crippen molar-refractivity contribution >= 4 is 28.2 Å². The fourth-order valence-electron chi connectivity index (χ4n) is 4.05. The fraction of sp³-hybridized carbons (Fsp3) is 0.550. The highest BCUT2D eigenvalue weighted by Crippen LogP contribution is 2.18. The molecule has 0 atom stereocenters. The Morgan fingerprint density at radius 2 is 1.88 bits per heavy atom. The second kappa shape index (κ2) is 7.65. The Kier molecular flexibility index (Phi) is 5.11. The number of para-hydroxylation sites is 1. The molecule has 0 radical (unpaired) electrons. The zero-order chi connectivity index (χ0) is 17.1. The van der Waals surface area contributed by atoms with E-state index in [4.69, 9.17) is 22.2 Å². The first-order valence-electron chi connectivity index (χ1n) is 9.65. The van der Waals surface area contributed by atoms with Crippen LogP contribution in [-0.2, 0) is 13.0 Å². The predicted molar refractivity (Wildman–Crippen MR) is 105 cm³/mol. The number of hydrogen-bond acceptors (Lipinski definition) is 2. The quantitative estimate of drug-likeness (QED) is 0.791. The molecule has 1 aromatic carbocycles. The van der Waals surface area contributed by atoms with Crippen molar-refractivity contribution in [2.24, 2.45) is 4.99 Å². The van der Waals surface area contributed by atoms with Crippen LogP contribution in [0.4, 0.5) is 0 Å². The number of rotatable bonds is 1. The molecular weight excluding hydrogens is 328 g/mol. The number of nitrogens with one attached hydrogen (secondary N) is 1. The van der Waals surface area contributed by atoms with E-state index in [9.17, 15) is 0 Å². The summed E-state index contributed by atoms with van der Waals surface area (Å²) in [5.74, 6) is 1.15. The molecule has 132 valence electrons. The van der Waals surface area contributed by atoms with Crippen LogP contribution in [-0.4, -0.2) is 20.7 Å². The molecule has 2 heterocycles. The van der Waals surface area contributed by atoms with E-state index in [2.05, 4.69) is 28.1 Å². The van der Waals surface area contributed by atoms with Crippen molar-refractivity contribution < 1.29 is 0 Å². The minimum atomic E-state index is 0.488. The van der Waals surface area contributed by atoms with E-state index in [1.54, 1.807) is 0 Å². The van der Waals surface area contributed by atoms with Crippen LogP contribution in [0.15, 0.2) is 29.3 Å². The summed E-state index contributed by atoms with van der Waals surface area (Å²) < 4.78 is 2.30. The normalized spacial score (nSPS) is 19.4. The van der Waals surface area contributed by atoms with Gasteiger partial charge in [0.15, 0.2) is 5.11 Å². The molecule has 1 aromatic heterocycles. The molecule has 1 saturated carbocycles. The zero-order valence-electron chi connectivity index (χ0n) is 14.7. The number of aryl methyl sites for hydroxylation is 1. The van der Waals surface area contributed by atoms with Gasteiger partial charge in [-0.3, -0.25) is 0 Å². The molecule has 0 saturated heterocycles. The smallest absolute Gasteiger partial charge is 0.194 e. The third-order valence-electron chi connectivity index (χ3n) is 5.38. The standard InChI is InChI=1S/C20H26N4S/c25-20(21-15-9-3-1-4-10-15)23-19-16-11-6-7-12-17(16)22-18-13-5-2-8-14-24(18)19/h6-7,11-12,15H,1-5,8-10,13-14H2,(H,21,25). The average molecular weight is 355 g/mol. The first-order chi connectivity index (χ1) is 12.3. The molecule has 1 N–H and O–H groups in total. The largest absolute Gasteiger partial charge is 0.358 e. The molecule has 2 aliphatic rings. The number of thiocarbonyl (C=S) groups is 1. The first-order valence-corrected chi connectivity index (χ1v) is 10.1. The van der Waals surface area contributed by atoms with Crippen molar-refractivity contribution in [1.82, 2.24) is 14.9 Å². The topological polar surface area (TPSA) is 42.2 Å². The number of nitrogens with zero attached hydrogens (tertiary/aromatic N) is 3. The van der Waals surface area contributed by atoms with Crippen LogP contribution >= 0.6 is 12.2 Å². The van der Waals surface area contributed by atoms with E-state index < -0.39 is 0 Å². The van der Waals surface area contributed by atoms with Gasteiger partial charge in [-0.1, -0.05) is 37.8 Å². The van der Waals surface area contributed by atoms with Gasteiger partial charge in [-0.05, 0) is 50.0 Å². The maximum absolute atomic E-state index is 5.61. The third-order valence-corrected chi connectivity index (χ3v) is 5.59. The second-order valence-electron chi connectivity index (χ2n) is 7.23.